The number of thiophene rings is 3. The third kappa shape index (κ3) is 25.3. The molecule has 1 aliphatic heterocycles. The molecule has 3 atom stereocenters. The number of rotatable bonds is 23. The average molecular weight is 1780 g/mol. The van der Waals surface area contributed by atoms with Crippen molar-refractivity contribution in [3.63, 3.8) is 0 Å². The van der Waals surface area contributed by atoms with Crippen molar-refractivity contribution in [2.45, 2.75) is 285 Å². The summed E-state index contributed by atoms with van der Waals surface area (Å²) in [5.74, 6) is -1.76. The van der Waals surface area contributed by atoms with Crippen molar-refractivity contribution in [2.24, 2.45) is 16.2 Å². The van der Waals surface area contributed by atoms with Crippen molar-refractivity contribution in [1.29, 1.82) is 0 Å². The second-order valence-electron chi connectivity index (χ2n) is 37.8. The number of aliphatic carboxylic acids is 1. The summed E-state index contributed by atoms with van der Waals surface area (Å²) in [4.78, 5) is 44.0. The molecule has 3 aromatic carbocycles. The van der Waals surface area contributed by atoms with Crippen LogP contribution in [0.4, 0.5) is 0 Å². The number of carbonyl (C=O) groups is 3. The maximum absolute atomic E-state index is 13.2. The second kappa shape index (κ2) is 38.8. The van der Waals surface area contributed by atoms with Gasteiger partial charge in [-0.1, -0.05) is 108 Å². The van der Waals surface area contributed by atoms with Gasteiger partial charge in [0, 0.05) is 100 Å². The maximum atomic E-state index is 13.2. The number of nitrogens with zero attached hydrogens (tertiary/aromatic N) is 3. The standard InChI is InChI=1S/C29H41NO5S2.C27H37NO5S2.C21H31ClO3S.C14H22BNO4S/c1-10-34-27(31)25(35-28(3,4)5)23-19(2)36-26(24(23)20-15-17-29(6,7)18-16-20)21-11-13-22(14-12-21)37(32,33)30(8)9;1-17-21(23(25(29)30)33-26(2,3)4)22(18-13-15-27(5,6)16-14-18)24(34-17)19-9-11-20(12-10-19)35(31,32)28(7)8;1-8-24-19(23)17(25-20(3,4)5)15-13(2)26-18(22)16(15)14-9-11-21(6,7)12-10-14;1-13(2)14(3,4)20-15(19-13)11-7-9-12(10-8-11)21(17,18)16(5)6/h11-15,25H,10,16-18H2,1-9H3;9-13,23H,14-16H2,1-8H3,(H,29,30);9,17H,8,10-12H2,1-7H3;7-10H,1-6H3. The van der Waals surface area contributed by atoms with Gasteiger partial charge >= 0.3 is 25.0 Å². The lowest BCUT2D eigenvalue weighted by atomic mass is 9.76. The van der Waals surface area contributed by atoms with Crippen LogP contribution in [0.15, 0.2) is 106 Å². The minimum absolute atomic E-state index is 0.200. The lowest BCUT2D eigenvalue weighted by molar-refractivity contribution is -0.167. The molecule has 0 radical (unpaired) electrons. The molecule has 1 N–H and O–H groups in total. The highest BCUT2D eigenvalue weighted by atomic mass is 35.5. The first-order valence-electron chi connectivity index (χ1n) is 40.7. The van der Waals surface area contributed by atoms with Crippen LogP contribution in [0.5, 0.6) is 0 Å². The van der Waals surface area contributed by atoms with Crippen LogP contribution in [0.1, 0.15) is 270 Å². The van der Waals surface area contributed by atoms with E-state index in [1.807, 2.05) is 142 Å². The van der Waals surface area contributed by atoms with E-state index in [1.165, 1.54) is 89.0 Å². The molecule has 0 bridgehead atoms. The highest BCUT2D eigenvalue weighted by Crippen LogP contribution is 2.53. The van der Waals surface area contributed by atoms with Gasteiger partial charge in [-0.3, -0.25) is 0 Å². The smallest absolute Gasteiger partial charge is 0.479 e. The molecule has 119 heavy (non-hydrogen) atoms. The van der Waals surface area contributed by atoms with Gasteiger partial charge in [-0.25, -0.2) is 52.6 Å². The molecular formula is C91H131BClN3O17S6. The predicted octanol–water partition coefficient (Wildman–Crippen LogP) is 21.5. The van der Waals surface area contributed by atoms with Gasteiger partial charge in [0.15, 0.2) is 18.3 Å². The van der Waals surface area contributed by atoms with E-state index >= 15 is 0 Å². The minimum Gasteiger partial charge on any atom is -0.479 e. The Morgan fingerprint density at radius 3 is 1.02 bits per heavy atom. The Bertz CT molecular complexity index is 5030. The first-order valence-corrected chi connectivity index (χ1v) is 47.8. The van der Waals surface area contributed by atoms with Crippen LogP contribution in [0.3, 0.4) is 0 Å². The summed E-state index contributed by atoms with van der Waals surface area (Å²) < 4.78 is 120. The van der Waals surface area contributed by atoms with Gasteiger partial charge in [0.05, 0.1) is 55.9 Å². The van der Waals surface area contributed by atoms with E-state index in [2.05, 4.69) is 59.8 Å². The molecule has 3 aromatic heterocycles. The molecule has 3 aliphatic carbocycles. The highest BCUT2D eigenvalue weighted by molar-refractivity contribution is 7.89. The van der Waals surface area contributed by atoms with E-state index in [1.54, 1.807) is 66.8 Å². The van der Waals surface area contributed by atoms with Gasteiger partial charge in [0.25, 0.3) is 0 Å². The van der Waals surface area contributed by atoms with Gasteiger partial charge in [-0.15, -0.1) is 34.0 Å². The third-order valence-electron chi connectivity index (χ3n) is 21.6. The van der Waals surface area contributed by atoms with E-state index in [4.69, 9.17) is 44.6 Å². The fourth-order valence-corrected chi connectivity index (χ4v) is 20.6. The molecule has 658 valence electrons. The van der Waals surface area contributed by atoms with Crippen LogP contribution in [-0.2, 0) is 77.4 Å². The van der Waals surface area contributed by atoms with Crippen molar-refractivity contribution >= 4 is 123 Å². The van der Waals surface area contributed by atoms with Crippen molar-refractivity contribution in [2.75, 3.05) is 55.5 Å². The van der Waals surface area contributed by atoms with Crippen molar-refractivity contribution in [3.05, 3.63) is 143 Å². The lowest BCUT2D eigenvalue weighted by Crippen LogP contribution is -2.41. The second-order valence-corrected chi connectivity index (χ2v) is 48.5. The van der Waals surface area contributed by atoms with Crippen LogP contribution in [0.25, 0.3) is 37.6 Å². The Hall–Kier alpha value is -5.73. The number of carboxylic acid groups (broad SMARTS) is 1. The summed E-state index contributed by atoms with van der Waals surface area (Å²) in [6, 6.07) is 20.5. The summed E-state index contributed by atoms with van der Waals surface area (Å²) in [5, 5.41) is 10.2. The molecule has 0 saturated carbocycles. The van der Waals surface area contributed by atoms with Crippen LogP contribution >= 0.6 is 45.6 Å². The summed E-state index contributed by atoms with van der Waals surface area (Å²) in [6.07, 6.45) is 12.8. The Morgan fingerprint density at radius 1 is 0.462 bits per heavy atom. The number of allylic oxidation sites excluding steroid dienone is 6. The third-order valence-corrected chi connectivity index (χ3v) is 30.8. The molecule has 4 aliphatic rings. The Labute approximate surface area is 729 Å². The molecular weight excluding hydrogens is 1650 g/mol. The van der Waals surface area contributed by atoms with Gasteiger partial charge in [-0.05, 0) is 268 Å². The monoisotopic (exact) mass is 1780 g/mol. The van der Waals surface area contributed by atoms with Crippen molar-refractivity contribution in [3.8, 4) is 20.9 Å². The molecule has 4 heterocycles. The SMILES string of the molecule is CCOC(=O)C(OC(C)(C)C)c1c(C)sc(-c2ccc(S(=O)(=O)N(C)C)cc2)c1C1=CCC(C)(C)CC1.CCOC(=O)C(OC(C)(C)C)c1c(C)sc(Cl)c1C1=CCC(C)(C)CC1.CN(C)S(=O)(=O)c1ccc(B2OC(C)(C)C(C)(C)O2)cc1.Cc1sc(-c2ccc(S(=O)(=O)N(C)C)cc2)c(C2=CCC(C)(C)CC2)c1C(OC(C)(C)C)C(=O)O. The predicted molar refractivity (Wildman–Crippen MR) is 486 cm³/mol. The number of carbonyl (C=O) groups excluding carboxylic acids is 2. The van der Waals surface area contributed by atoms with Crippen molar-refractivity contribution in [1.82, 2.24) is 12.9 Å². The molecule has 28 heteroatoms. The average Bonchev–Trinajstić information content (AvgIpc) is 1.61. The Kier molecular flexibility index (Phi) is 32.7. The minimum atomic E-state index is -3.54. The molecule has 1 fully saturated rings. The Morgan fingerprint density at radius 2 is 0.739 bits per heavy atom. The van der Waals surface area contributed by atoms with Gasteiger partial charge in [-0.2, -0.15) is 0 Å². The molecule has 1 saturated heterocycles. The zero-order chi connectivity index (χ0) is 89.9. The lowest BCUT2D eigenvalue weighted by Gasteiger charge is -2.32. The first kappa shape index (κ1) is 100. The van der Waals surface area contributed by atoms with E-state index < -0.39 is 95.4 Å². The molecule has 0 spiro atoms. The molecule has 10 rings (SSSR count). The number of ether oxygens (including phenoxy) is 5. The summed E-state index contributed by atoms with van der Waals surface area (Å²) in [7, 11) is -1.87. The summed E-state index contributed by atoms with van der Waals surface area (Å²) in [6.45, 7) is 48.9. The fraction of sp³-hybridized carbons (Fsp3) is 0.571. The number of benzene rings is 3. The topological polar surface area (TPSA) is 248 Å². The van der Waals surface area contributed by atoms with Crippen LogP contribution in [0.2, 0.25) is 4.34 Å². The number of hydrogen-bond acceptors (Lipinski definition) is 19. The number of hydrogen-bond donors (Lipinski definition) is 1. The van der Waals surface area contributed by atoms with Gasteiger partial charge < -0.3 is 38.1 Å². The van der Waals surface area contributed by atoms with Crippen molar-refractivity contribution < 1.29 is 77.7 Å². The quantitative estimate of drug-likeness (QED) is 0.0462. The van der Waals surface area contributed by atoms with Crippen LogP contribution in [-0.4, -0.2) is 152 Å². The molecule has 3 unspecified atom stereocenters. The fourth-order valence-electron chi connectivity index (χ4n) is 14.0. The Balaban J connectivity index is 0.000000224. The maximum Gasteiger partial charge on any atom is 0.494 e. The van der Waals surface area contributed by atoms with E-state index in [0.717, 1.165) is 136 Å². The molecule has 6 aromatic rings. The van der Waals surface area contributed by atoms with Gasteiger partial charge in [0.1, 0.15) is 4.34 Å². The number of carboxylic acids is 1. The number of sulfonamides is 3. The first-order chi connectivity index (χ1) is 54.5. The van der Waals surface area contributed by atoms with Gasteiger partial charge in [0.2, 0.25) is 30.1 Å². The summed E-state index contributed by atoms with van der Waals surface area (Å²) >= 11 is 11.3. The van der Waals surface area contributed by atoms with E-state index in [9.17, 15) is 44.7 Å². The van der Waals surface area contributed by atoms with Crippen LogP contribution in [0, 0.1) is 37.0 Å². The van der Waals surface area contributed by atoms with E-state index in [-0.39, 0.29) is 38.1 Å². The zero-order valence-corrected chi connectivity index (χ0v) is 81.6. The highest BCUT2D eigenvalue weighted by Gasteiger charge is 2.52. The summed E-state index contributed by atoms with van der Waals surface area (Å²) in [5.41, 5.74) is 9.72. The zero-order valence-electron chi connectivity index (χ0n) is 75.9. The molecule has 0 amide bonds. The van der Waals surface area contributed by atoms with E-state index in [0.29, 0.717) is 17.6 Å². The van der Waals surface area contributed by atoms with Crippen LogP contribution < -0.4 is 5.46 Å². The number of esters is 2. The normalized spacial score (nSPS) is 18.1. The largest absolute Gasteiger partial charge is 0.494 e. The molecule has 20 nitrogen and oxygen atoms in total. The number of aryl methyl sites for hydroxylation is 3. The number of halogens is 1.